The monoisotopic (exact) mass is 412 g/mol. The van der Waals surface area contributed by atoms with Gasteiger partial charge in [0.2, 0.25) is 0 Å². The average molecular weight is 412 g/mol. The number of pyridine rings is 2. The number of H-pyrrole nitrogens is 2. The second-order valence-corrected chi connectivity index (χ2v) is 2.58. The molecule has 0 unspecified atom stereocenters. The van der Waals surface area contributed by atoms with Crippen LogP contribution >= 0.6 is 0 Å². The Bertz CT molecular complexity index is 314. The molecule has 2 nitrogen and oxygen atoms in total. The molecule has 2 aromatic rings. The van der Waals surface area contributed by atoms with Crippen molar-refractivity contribution in [1.29, 1.82) is 0 Å². The zero-order valence-electron chi connectivity index (χ0n) is 7.37. The molecule has 2 aromatic heterocycles. The van der Waals surface area contributed by atoms with Gasteiger partial charge in [0, 0.05) is 24.3 Å². The van der Waals surface area contributed by atoms with Crippen LogP contribution in [-0.2, 0) is 0 Å². The highest BCUT2D eigenvalue weighted by Gasteiger charge is 1.97. The van der Waals surface area contributed by atoms with Gasteiger partial charge in [0.25, 0.3) is 0 Å². The van der Waals surface area contributed by atoms with E-state index in [2.05, 4.69) is 34.2 Å². The Morgan fingerprint density at radius 2 is 0.857 bits per heavy atom. The summed E-state index contributed by atoms with van der Waals surface area (Å²) >= 11 is 0. The van der Waals surface area contributed by atoms with Crippen molar-refractivity contribution in [2.24, 2.45) is 0 Å². The Balaban J connectivity index is 0.000000845. The van der Waals surface area contributed by atoms with Crippen LogP contribution in [0.25, 0.3) is 11.1 Å². The van der Waals surface area contributed by atoms with E-state index in [-0.39, 0.29) is 48.0 Å². The van der Waals surface area contributed by atoms with Crippen molar-refractivity contribution >= 4 is 0 Å². The largest absolute Gasteiger partial charge is 1.00 e. The number of nitrogens with one attached hydrogen (secondary N) is 2. The summed E-state index contributed by atoms with van der Waals surface area (Å²) in [6.45, 7) is 0. The van der Waals surface area contributed by atoms with Crippen LogP contribution in [-0.4, -0.2) is 0 Å². The summed E-state index contributed by atoms with van der Waals surface area (Å²) in [5.41, 5.74) is 2.45. The third kappa shape index (κ3) is 3.49. The molecule has 0 saturated carbocycles. The maximum absolute atomic E-state index is 2.99. The molecule has 0 aliphatic rings. The topological polar surface area (TPSA) is 28.3 Å². The first-order chi connectivity index (χ1) is 5.97. The van der Waals surface area contributed by atoms with E-state index in [4.69, 9.17) is 0 Å². The molecule has 0 fully saturated rings. The molecule has 0 aliphatic carbocycles. The molecule has 14 heavy (non-hydrogen) atoms. The van der Waals surface area contributed by atoms with Gasteiger partial charge < -0.3 is 48.0 Å². The van der Waals surface area contributed by atoms with Crippen LogP contribution in [0.1, 0.15) is 0 Å². The van der Waals surface area contributed by atoms with Crippen LogP contribution in [0.4, 0.5) is 0 Å². The molecule has 0 amide bonds. The van der Waals surface area contributed by atoms with Gasteiger partial charge in [0.15, 0.2) is 24.8 Å². The van der Waals surface area contributed by atoms with Gasteiger partial charge >= 0.3 is 0 Å². The normalized spacial score (nSPS) is 8.29. The summed E-state index contributed by atoms with van der Waals surface area (Å²) in [6, 6.07) is 8.20. The quantitative estimate of drug-likeness (QED) is 0.420. The van der Waals surface area contributed by atoms with Crippen molar-refractivity contribution in [1.82, 2.24) is 0 Å². The van der Waals surface area contributed by atoms with E-state index in [1.807, 2.05) is 24.8 Å². The van der Waals surface area contributed by atoms with E-state index in [9.17, 15) is 0 Å². The van der Waals surface area contributed by atoms with Crippen LogP contribution in [0, 0.1) is 0 Å². The summed E-state index contributed by atoms with van der Waals surface area (Å²) in [6.07, 6.45) is 7.69. The number of aromatic nitrogens is 2. The Morgan fingerprint density at radius 1 is 0.571 bits per heavy atom. The molecule has 0 radical (unpaired) electrons. The van der Waals surface area contributed by atoms with Gasteiger partial charge in [0.1, 0.15) is 0 Å². The second-order valence-electron chi connectivity index (χ2n) is 2.58. The van der Waals surface area contributed by atoms with Crippen LogP contribution in [0.2, 0.25) is 0 Å². The summed E-state index contributed by atoms with van der Waals surface area (Å²) in [4.78, 5) is 5.99. The van der Waals surface area contributed by atoms with Crippen LogP contribution in [0.15, 0.2) is 49.1 Å². The molecule has 0 bridgehead atoms. The van der Waals surface area contributed by atoms with Crippen molar-refractivity contribution in [3.05, 3.63) is 49.1 Å². The third-order valence-electron chi connectivity index (χ3n) is 1.77. The van der Waals surface area contributed by atoms with Gasteiger partial charge in [-0.1, -0.05) is 0 Å². The van der Waals surface area contributed by atoms with Crippen molar-refractivity contribution in [3.8, 4) is 11.1 Å². The maximum atomic E-state index is 2.99. The van der Waals surface area contributed by atoms with Gasteiger partial charge in [-0.3, -0.25) is 0 Å². The lowest BCUT2D eigenvalue weighted by atomic mass is 10.1. The molecular formula is C10H10I2N2. The molecular weight excluding hydrogens is 402 g/mol. The molecule has 4 heteroatoms. The fraction of sp³-hybridized carbons (Fsp3) is 0. The van der Waals surface area contributed by atoms with Crippen molar-refractivity contribution in [2.75, 3.05) is 0 Å². The predicted molar refractivity (Wildman–Crippen MR) is 45.0 cm³/mol. The van der Waals surface area contributed by atoms with Gasteiger partial charge in [-0.05, 0) is 11.1 Å². The number of aromatic amines is 2. The van der Waals surface area contributed by atoms with Gasteiger partial charge in [-0.2, -0.15) is 0 Å². The molecule has 0 aliphatic heterocycles. The molecule has 0 atom stereocenters. The zero-order valence-corrected chi connectivity index (χ0v) is 11.7. The highest BCUT2D eigenvalue weighted by Crippen LogP contribution is 2.14. The molecule has 0 aromatic carbocycles. The minimum atomic E-state index is 0. The fourth-order valence-electron chi connectivity index (χ4n) is 1.16. The van der Waals surface area contributed by atoms with E-state index < -0.39 is 0 Å². The number of halogens is 2. The highest BCUT2D eigenvalue weighted by molar-refractivity contribution is 5.60. The van der Waals surface area contributed by atoms with E-state index >= 15 is 0 Å². The van der Waals surface area contributed by atoms with E-state index in [1.165, 1.54) is 11.1 Å². The van der Waals surface area contributed by atoms with Gasteiger partial charge in [0.05, 0.1) is 0 Å². The summed E-state index contributed by atoms with van der Waals surface area (Å²) in [7, 11) is 0. The van der Waals surface area contributed by atoms with Gasteiger partial charge in [-0.15, -0.1) is 0 Å². The first kappa shape index (κ1) is 13.8. The lowest BCUT2D eigenvalue weighted by Gasteiger charge is -1.93. The Labute approximate surface area is 117 Å². The highest BCUT2D eigenvalue weighted by atomic mass is 127. The Morgan fingerprint density at radius 3 is 1.14 bits per heavy atom. The molecule has 2 rings (SSSR count). The molecule has 2 N–H and O–H groups in total. The average Bonchev–Trinajstić information content (AvgIpc) is 2.21. The minimum absolute atomic E-state index is 0. The van der Waals surface area contributed by atoms with Crippen LogP contribution in [0.3, 0.4) is 0 Å². The van der Waals surface area contributed by atoms with E-state index in [1.54, 1.807) is 0 Å². The van der Waals surface area contributed by atoms with E-state index in [0.29, 0.717) is 0 Å². The van der Waals surface area contributed by atoms with Crippen LogP contribution in [0.5, 0.6) is 0 Å². The summed E-state index contributed by atoms with van der Waals surface area (Å²) in [5, 5.41) is 0. The lowest BCUT2D eigenvalue weighted by Crippen LogP contribution is -3.00. The first-order valence-electron chi connectivity index (χ1n) is 3.89. The smallest absolute Gasteiger partial charge is 0.167 e. The first-order valence-corrected chi connectivity index (χ1v) is 3.89. The number of hydrogen-bond acceptors (Lipinski definition) is 0. The Kier molecular flexibility index (Phi) is 6.98. The maximum Gasteiger partial charge on any atom is 0.167 e. The lowest BCUT2D eigenvalue weighted by molar-refractivity contribution is -0.378. The SMILES string of the molecule is [I-].[I-].c1cc(-c2cc[nH+]cc2)cc[nH+]1. The fourth-order valence-corrected chi connectivity index (χ4v) is 1.16. The predicted octanol–water partition coefficient (Wildman–Crippen LogP) is -5.01. The molecule has 74 valence electrons. The minimum Gasteiger partial charge on any atom is -1.00 e. The van der Waals surface area contributed by atoms with E-state index in [0.717, 1.165) is 0 Å². The third-order valence-corrected chi connectivity index (χ3v) is 1.77. The molecule has 0 spiro atoms. The standard InChI is InChI=1S/C10H8N2.2HI/c1-5-11-6-2-9(1)10-3-7-12-8-4-10;;/h1-8H;2*1H. The molecule has 2 heterocycles. The Hall–Kier alpha value is -0.240. The van der Waals surface area contributed by atoms with Gasteiger partial charge in [-0.25, -0.2) is 9.97 Å². The van der Waals surface area contributed by atoms with Crippen molar-refractivity contribution in [3.63, 3.8) is 0 Å². The molecule has 0 saturated heterocycles. The number of hydrogen-bond donors (Lipinski definition) is 0. The van der Waals surface area contributed by atoms with Crippen LogP contribution < -0.4 is 57.9 Å². The van der Waals surface area contributed by atoms with Crippen molar-refractivity contribution < 1.29 is 57.9 Å². The summed E-state index contributed by atoms with van der Waals surface area (Å²) < 4.78 is 0. The number of rotatable bonds is 1. The second kappa shape index (κ2) is 7.10. The summed E-state index contributed by atoms with van der Waals surface area (Å²) in [5.74, 6) is 0. The van der Waals surface area contributed by atoms with Crippen molar-refractivity contribution in [2.45, 2.75) is 0 Å². The zero-order chi connectivity index (χ0) is 8.23.